The van der Waals surface area contributed by atoms with Gasteiger partial charge in [0.15, 0.2) is 29.0 Å². The largest absolute Gasteiger partial charge is 0.454 e. The number of hydrogen-bond donors (Lipinski definition) is 2. The van der Waals surface area contributed by atoms with Crippen LogP contribution in [0.15, 0.2) is 41.4 Å². The van der Waals surface area contributed by atoms with Gasteiger partial charge in [-0.2, -0.15) is 0 Å². The first-order chi connectivity index (χ1) is 16.5. The summed E-state index contributed by atoms with van der Waals surface area (Å²) in [4.78, 5) is 9.72. The van der Waals surface area contributed by atoms with Gasteiger partial charge in [0.25, 0.3) is 0 Å². The Kier molecular flexibility index (Phi) is 6.38. The summed E-state index contributed by atoms with van der Waals surface area (Å²) >= 11 is 0. The molecule has 2 aromatic rings. The van der Waals surface area contributed by atoms with Crippen LogP contribution in [0, 0.1) is 5.41 Å². The molecule has 0 spiro atoms. The number of nitrogens with zero attached hydrogens (tertiary/aromatic N) is 3. The van der Waals surface area contributed by atoms with Crippen molar-refractivity contribution in [3.05, 3.63) is 42.0 Å². The lowest BCUT2D eigenvalue weighted by Gasteiger charge is -2.37. The Labute approximate surface area is 200 Å². The van der Waals surface area contributed by atoms with Crippen LogP contribution in [0.2, 0.25) is 0 Å². The number of rotatable bonds is 6. The molecule has 0 radical (unpaired) electrons. The molecule has 1 saturated heterocycles. The maximum Gasteiger partial charge on any atom is 0.231 e. The van der Waals surface area contributed by atoms with E-state index in [0.29, 0.717) is 19.9 Å². The van der Waals surface area contributed by atoms with Gasteiger partial charge in [0.1, 0.15) is 0 Å². The van der Waals surface area contributed by atoms with Gasteiger partial charge in [-0.3, -0.25) is 9.89 Å². The third-order valence-electron chi connectivity index (χ3n) is 6.35. The lowest BCUT2D eigenvalue weighted by atomic mass is 9.94. The molecular formula is C25H33N5O4. The predicted molar refractivity (Wildman–Crippen MR) is 131 cm³/mol. The zero-order valence-corrected chi connectivity index (χ0v) is 19.9. The summed E-state index contributed by atoms with van der Waals surface area (Å²) in [5.41, 5.74) is 8.05. The number of anilines is 1. The number of ether oxygens (including phenoxy) is 4. The monoisotopic (exact) mass is 467 g/mol. The van der Waals surface area contributed by atoms with E-state index in [4.69, 9.17) is 29.7 Å². The van der Waals surface area contributed by atoms with Crippen molar-refractivity contribution in [3.63, 3.8) is 0 Å². The minimum atomic E-state index is -0.0665. The summed E-state index contributed by atoms with van der Waals surface area (Å²) in [6, 6.07) is 12.1. The zero-order valence-electron chi connectivity index (χ0n) is 19.9. The Morgan fingerprint density at radius 3 is 2.26 bits per heavy atom. The number of aliphatic imine (C=N–C) groups is 1. The highest BCUT2D eigenvalue weighted by molar-refractivity contribution is 5.94. The maximum absolute atomic E-state index is 5.95. The quantitative estimate of drug-likeness (QED) is 0.495. The Hall–Kier alpha value is -3.17. The fraction of sp³-hybridized carbons (Fsp3) is 0.480. The van der Waals surface area contributed by atoms with Crippen molar-refractivity contribution in [1.29, 1.82) is 0 Å². The minimum absolute atomic E-state index is 0.0665. The van der Waals surface area contributed by atoms with Crippen molar-refractivity contribution in [3.8, 4) is 23.0 Å². The van der Waals surface area contributed by atoms with Gasteiger partial charge in [-0.15, -0.1) is 0 Å². The van der Waals surface area contributed by atoms with Gasteiger partial charge in [0, 0.05) is 51.0 Å². The second kappa shape index (κ2) is 9.60. The number of nitrogens with one attached hydrogen (secondary N) is 1. The molecule has 0 bridgehead atoms. The summed E-state index contributed by atoms with van der Waals surface area (Å²) in [6.45, 7) is 10.6. The van der Waals surface area contributed by atoms with Gasteiger partial charge < -0.3 is 34.9 Å². The molecule has 0 saturated carbocycles. The average Bonchev–Trinajstić information content (AvgIpc) is 3.51. The molecule has 3 N–H and O–H groups in total. The van der Waals surface area contributed by atoms with Crippen molar-refractivity contribution in [2.75, 3.05) is 58.2 Å². The molecule has 3 aliphatic rings. The number of benzene rings is 2. The normalized spacial score (nSPS) is 17.9. The van der Waals surface area contributed by atoms with E-state index in [9.17, 15) is 0 Å². The molecule has 5 rings (SSSR count). The van der Waals surface area contributed by atoms with Crippen molar-refractivity contribution >= 4 is 11.6 Å². The highest BCUT2D eigenvalue weighted by Gasteiger charge is 2.23. The Bertz CT molecular complexity index is 1050. The van der Waals surface area contributed by atoms with Crippen molar-refractivity contribution in [1.82, 2.24) is 9.80 Å². The Morgan fingerprint density at radius 2 is 1.56 bits per heavy atom. The molecule has 0 aromatic heterocycles. The fourth-order valence-corrected chi connectivity index (χ4v) is 4.09. The highest BCUT2D eigenvalue weighted by Crippen LogP contribution is 2.35. The number of fused-ring (bicyclic) bond motifs is 2. The SMILES string of the molecule is CC(C)(CN)CN=C(Nc1ccc2c(c1)OCO2)N1CCN(Cc2ccc3c(c2)OCO3)CC1. The summed E-state index contributed by atoms with van der Waals surface area (Å²) in [5.74, 6) is 4.04. The Balaban J connectivity index is 1.24. The molecular weight excluding hydrogens is 434 g/mol. The van der Waals surface area contributed by atoms with Crippen molar-refractivity contribution < 1.29 is 18.9 Å². The maximum atomic E-state index is 5.95. The van der Waals surface area contributed by atoms with Gasteiger partial charge in [0.2, 0.25) is 13.6 Å². The molecule has 9 nitrogen and oxygen atoms in total. The zero-order chi connectivity index (χ0) is 23.5. The summed E-state index contributed by atoms with van der Waals surface area (Å²) < 4.78 is 21.9. The van der Waals surface area contributed by atoms with Crippen LogP contribution in [0.4, 0.5) is 5.69 Å². The van der Waals surface area contributed by atoms with Gasteiger partial charge >= 0.3 is 0 Å². The molecule has 34 heavy (non-hydrogen) atoms. The first-order valence-electron chi connectivity index (χ1n) is 11.8. The van der Waals surface area contributed by atoms with E-state index in [1.54, 1.807) is 0 Å². The molecule has 0 unspecified atom stereocenters. The summed E-state index contributed by atoms with van der Waals surface area (Å²) in [6.07, 6.45) is 0. The second-order valence-electron chi connectivity index (χ2n) is 9.65. The number of guanidine groups is 1. The van der Waals surface area contributed by atoms with Crippen LogP contribution < -0.4 is 30.0 Å². The lowest BCUT2D eigenvalue weighted by molar-refractivity contribution is 0.172. The number of piperazine rings is 1. The number of hydrogen-bond acceptors (Lipinski definition) is 7. The van der Waals surface area contributed by atoms with E-state index < -0.39 is 0 Å². The van der Waals surface area contributed by atoms with Crippen LogP contribution in [-0.2, 0) is 6.54 Å². The van der Waals surface area contributed by atoms with Crippen LogP contribution in [0.3, 0.4) is 0 Å². The predicted octanol–water partition coefficient (Wildman–Crippen LogP) is 2.71. The molecule has 1 fully saturated rings. The molecule has 2 aromatic carbocycles. The second-order valence-corrected chi connectivity index (χ2v) is 9.65. The van der Waals surface area contributed by atoms with Crippen LogP contribution in [0.25, 0.3) is 0 Å². The standard InChI is InChI=1S/C25H33N5O4/c1-25(2,14-26)15-27-24(28-19-4-6-21-23(12-19)34-17-32-21)30-9-7-29(8-10-30)13-18-3-5-20-22(11-18)33-16-31-20/h3-6,11-12H,7-10,13-17,26H2,1-2H3,(H,27,28). The average molecular weight is 468 g/mol. The van der Waals surface area contributed by atoms with Crippen LogP contribution in [-0.4, -0.2) is 68.6 Å². The van der Waals surface area contributed by atoms with Crippen molar-refractivity contribution in [2.45, 2.75) is 20.4 Å². The van der Waals surface area contributed by atoms with E-state index in [0.717, 1.165) is 67.4 Å². The fourth-order valence-electron chi connectivity index (χ4n) is 4.09. The smallest absolute Gasteiger partial charge is 0.231 e. The molecule has 0 atom stereocenters. The molecule has 3 heterocycles. The van der Waals surface area contributed by atoms with E-state index in [1.807, 2.05) is 24.3 Å². The van der Waals surface area contributed by atoms with E-state index in [-0.39, 0.29) is 12.2 Å². The van der Waals surface area contributed by atoms with Crippen molar-refractivity contribution in [2.24, 2.45) is 16.1 Å². The molecule has 0 amide bonds. The van der Waals surface area contributed by atoms with Gasteiger partial charge in [-0.05, 0) is 41.8 Å². The van der Waals surface area contributed by atoms with E-state index >= 15 is 0 Å². The van der Waals surface area contributed by atoms with E-state index in [2.05, 4.69) is 41.1 Å². The molecule has 9 heteroatoms. The molecule has 182 valence electrons. The third kappa shape index (κ3) is 5.15. The van der Waals surface area contributed by atoms with Crippen LogP contribution in [0.5, 0.6) is 23.0 Å². The summed E-state index contributed by atoms with van der Waals surface area (Å²) in [5, 5.41) is 3.52. The third-order valence-corrected chi connectivity index (χ3v) is 6.35. The van der Waals surface area contributed by atoms with Gasteiger partial charge in [-0.1, -0.05) is 19.9 Å². The minimum Gasteiger partial charge on any atom is -0.454 e. The number of nitrogens with two attached hydrogens (primary N) is 1. The first kappa shape index (κ1) is 22.6. The Morgan fingerprint density at radius 1 is 0.912 bits per heavy atom. The van der Waals surface area contributed by atoms with E-state index in [1.165, 1.54) is 5.56 Å². The van der Waals surface area contributed by atoms with Gasteiger partial charge in [-0.25, -0.2) is 0 Å². The highest BCUT2D eigenvalue weighted by atomic mass is 16.7. The summed E-state index contributed by atoms with van der Waals surface area (Å²) in [7, 11) is 0. The first-order valence-corrected chi connectivity index (χ1v) is 11.8. The van der Waals surface area contributed by atoms with Crippen LogP contribution in [0.1, 0.15) is 19.4 Å². The van der Waals surface area contributed by atoms with Crippen LogP contribution >= 0.6 is 0 Å². The topological polar surface area (TPSA) is 93.8 Å². The molecule has 0 aliphatic carbocycles. The molecule has 3 aliphatic heterocycles. The lowest BCUT2D eigenvalue weighted by Crippen LogP contribution is -2.50. The van der Waals surface area contributed by atoms with Gasteiger partial charge in [0.05, 0.1) is 0 Å².